The molecule has 33 heavy (non-hydrogen) atoms. The second-order valence-corrected chi connectivity index (χ2v) is 7.82. The quantitative estimate of drug-likeness (QED) is 0.429. The van der Waals surface area contributed by atoms with E-state index in [9.17, 15) is 15.2 Å². The summed E-state index contributed by atoms with van der Waals surface area (Å²) >= 11 is 12.1. The molecule has 0 saturated carbocycles. The van der Waals surface area contributed by atoms with Crippen molar-refractivity contribution in [1.82, 2.24) is 4.57 Å². The largest absolute Gasteiger partial charge is 0.493 e. The maximum atomic E-state index is 13.1. The molecule has 1 N–H and O–H groups in total. The molecule has 0 aliphatic rings. The first-order chi connectivity index (χ1) is 15.8. The molecule has 0 amide bonds. The molecule has 0 aliphatic heterocycles. The van der Waals surface area contributed by atoms with Crippen molar-refractivity contribution >= 4 is 34.6 Å². The average molecular weight is 487 g/mol. The van der Waals surface area contributed by atoms with E-state index < -0.39 is 11.4 Å². The van der Waals surface area contributed by atoms with Crippen LogP contribution in [0.4, 0.5) is 11.4 Å². The van der Waals surface area contributed by atoms with Crippen molar-refractivity contribution in [2.75, 3.05) is 14.2 Å². The molecule has 170 valence electrons. The fraction of sp³-hybridized carbons (Fsp3) is 0.217. The molecule has 0 saturated heterocycles. The number of nitriles is 1. The number of ether oxygens (including phenoxy) is 2. The number of methoxy groups -OCH3 is 2. The molecule has 0 aliphatic carbocycles. The summed E-state index contributed by atoms with van der Waals surface area (Å²) in [6, 6.07) is 11.9. The van der Waals surface area contributed by atoms with Gasteiger partial charge in [-0.1, -0.05) is 29.3 Å². The first-order valence-corrected chi connectivity index (χ1v) is 10.5. The number of aryl methyl sites for hydroxylation is 1. The van der Waals surface area contributed by atoms with Crippen LogP contribution in [0.5, 0.6) is 17.4 Å². The molecule has 0 atom stereocenters. The molecule has 1 aromatic heterocycles. The van der Waals surface area contributed by atoms with Gasteiger partial charge in [-0.15, -0.1) is 10.2 Å². The average Bonchev–Trinajstić information content (AvgIpc) is 2.81. The predicted octanol–water partition coefficient (Wildman–Crippen LogP) is 5.72. The number of nitrogens with zero attached hydrogens (tertiary/aromatic N) is 4. The third-order valence-corrected chi connectivity index (χ3v) is 5.56. The third-order valence-electron chi connectivity index (χ3n) is 5.01. The monoisotopic (exact) mass is 486 g/mol. The fourth-order valence-electron chi connectivity index (χ4n) is 3.21. The number of hydrogen-bond donors (Lipinski definition) is 1. The van der Waals surface area contributed by atoms with Crippen molar-refractivity contribution in [1.29, 1.82) is 5.26 Å². The Morgan fingerprint density at radius 3 is 2.48 bits per heavy atom. The predicted molar refractivity (Wildman–Crippen MR) is 126 cm³/mol. The van der Waals surface area contributed by atoms with Gasteiger partial charge in [0.05, 0.1) is 19.2 Å². The Morgan fingerprint density at radius 2 is 1.82 bits per heavy atom. The standard InChI is InChI=1S/C23H20Cl2N4O4/c1-13-16(12-26)22(30)29(9-8-14-4-7-19(32-2)20(10-14)33-3)23(31)21(13)28-27-18-11-15(24)5-6-17(18)25/h4-7,10-11,30H,8-9H2,1-3H3. The van der Waals surface area contributed by atoms with E-state index in [-0.39, 0.29) is 29.0 Å². The van der Waals surface area contributed by atoms with Crippen LogP contribution in [0.15, 0.2) is 51.4 Å². The topological polar surface area (TPSA) is 109 Å². The highest BCUT2D eigenvalue weighted by atomic mass is 35.5. The number of azo groups is 1. The summed E-state index contributed by atoms with van der Waals surface area (Å²) < 4.78 is 11.6. The second kappa shape index (κ2) is 10.4. The van der Waals surface area contributed by atoms with Crippen LogP contribution in [0.2, 0.25) is 10.0 Å². The summed E-state index contributed by atoms with van der Waals surface area (Å²) in [5.41, 5.74) is 0.592. The number of halogens is 2. The zero-order valence-corrected chi connectivity index (χ0v) is 19.6. The van der Waals surface area contributed by atoms with E-state index in [1.54, 1.807) is 24.3 Å². The number of rotatable bonds is 7. The SMILES string of the molecule is COc1ccc(CCn2c(O)c(C#N)c(C)c(N=Nc3cc(Cl)ccc3Cl)c2=O)cc1OC. The van der Waals surface area contributed by atoms with Gasteiger partial charge in [-0.2, -0.15) is 5.26 Å². The number of benzene rings is 2. The van der Waals surface area contributed by atoms with Crippen LogP contribution < -0.4 is 15.0 Å². The Labute approximate surface area is 200 Å². The van der Waals surface area contributed by atoms with Crippen LogP contribution in [0.1, 0.15) is 16.7 Å². The Kier molecular flexibility index (Phi) is 7.59. The van der Waals surface area contributed by atoms with Crippen molar-refractivity contribution in [3.8, 4) is 23.4 Å². The summed E-state index contributed by atoms with van der Waals surface area (Å²) in [5.74, 6) is 0.687. The summed E-state index contributed by atoms with van der Waals surface area (Å²) in [6.45, 7) is 1.61. The molecule has 0 unspecified atom stereocenters. The van der Waals surface area contributed by atoms with Gasteiger partial charge in [0.15, 0.2) is 17.2 Å². The summed E-state index contributed by atoms with van der Waals surface area (Å²) in [5, 5.41) is 28.9. The number of hydrogen-bond acceptors (Lipinski definition) is 7. The Bertz CT molecular complexity index is 1330. The van der Waals surface area contributed by atoms with Crippen molar-refractivity contribution in [3.63, 3.8) is 0 Å². The van der Waals surface area contributed by atoms with Crippen molar-refractivity contribution < 1.29 is 14.6 Å². The molecule has 3 aromatic rings. The van der Waals surface area contributed by atoms with E-state index in [4.69, 9.17) is 32.7 Å². The molecule has 3 rings (SSSR count). The number of pyridine rings is 1. The van der Waals surface area contributed by atoms with Crippen molar-refractivity contribution in [2.24, 2.45) is 10.2 Å². The smallest absolute Gasteiger partial charge is 0.281 e. The van der Waals surface area contributed by atoms with Gasteiger partial charge in [0.2, 0.25) is 5.88 Å². The van der Waals surface area contributed by atoms with Crippen LogP contribution in [-0.4, -0.2) is 23.9 Å². The van der Waals surface area contributed by atoms with E-state index in [1.165, 1.54) is 27.2 Å². The Morgan fingerprint density at radius 1 is 1.09 bits per heavy atom. The number of aromatic nitrogens is 1. The minimum absolute atomic E-state index is 0.0620. The molecule has 2 aromatic carbocycles. The first kappa shape index (κ1) is 24.1. The minimum atomic E-state index is -0.591. The second-order valence-electron chi connectivity index (χ2n) is 6.98. The Hall–Kier alpha value is -3.54. The zero-order chi connectivity index (χ0) is 24.1. The fourth-order valence-corrected chi connectivity index (χ4v) is 3.53. The Balaban J connectivity index is 2.01. The molecule has 0 bridgehead atoms. The van der Waals surface area contributed by atoms with Crippen LogP contribution in [0.25, 0.3) is 0 Å². The molecule has 0 radical (unpaired) electrons. The van der Waals surface area contributed by atoms with Gasteiger partial charge in [-0.25, -0.2) is 0 Å². The van der Waals surface area contributed by atoms with E-state index in [0.29, 0.717) is 28.0 Å². The van der Waals surface area contributed by atoms with E-state index in [2.05, 4.69) is 10.2 Å². The first-order valence-electron chi connectivity index (χ1n) is 9.74. The lowest BCUT2D eigenvalue weighted by atomic mass is 10.1. The van der Waals surface area contributed by atoms with Gasteiger partial charge in [-0.05, 0) is 49.2 Å². The van der Waals surface area contributed by atoms with Crippen LogP contribution >= 0.6 is 23.2 Å². The normalized spacial score (nSPS) is 10.9. The molecule has 8 nitrogen and oxygen atoms in total. The molecule has 1 heterocycles. The molecular weight excluding hydrogens is 467 g/mol. The van der Waals surface area contributed by atoms with E-state index in [0.717, 1.165) is 10.1 Å². The highest BCUT2D eigenvalue weighted by Crippen LogP contribution is 2.32. The third kappa shape index (κ3) is 5.11. The van der Waals surface area contributed by atoms with E-state index in [1.807, 2.05) is 12.1 Å². The van der Waals surface area contributed by atoms with Crippen LogP contribution in [0.3, 0.4) is 0 Å². The van der Waals surface area contributed by atoms with Crippen LogP contribution in [0, 0.1) is 18.3 Å². The summed E-state index contributed by atoms with van der Waals surface area (Å²) in [7, 11) is 3.07. The van der Waals surface area contributed by atoms with Gasteiger partial charge in [-0.3, -0.25) is 9.36 Å². The lowest BCUT2D eigenvalue weighted by Gasteiger charge is -2.14. The molecular formula is C23H20Cl2N4O4. The van der Waals surface area contributed by atoms with Gasteiger partial charge >= 0.3 is 0 Å². The lowest BCUT2D eigenvalue weighted by Crippen LogP contribution is -2.23. The molecule has 10 heteroatoms. The molecule has 0 spiro atoms. The van der Waals surface area contributed by atoms with Gasteiger partial charge in [0, 0.05) is 17.1 Å². The van der Waals surface area contributed by atoms with Crippen molar-refractivity contribution in [3.05, 3.63) is 73.5 Å². The van der Waals surface area contributed by atoms with Crippen molar-refractivity contribution in [2.45, 2.75) is 19.9 Å². The number of aromatic hydroxyl groups is 1. The van der Waals surface area contributed by atoms with E-state index >= 15 is 0 Å². The lowest BCUT2D eigenvalue weighted by molar-refractivity contribution is 0.354. The van der Waals surface area contributed by atoms with Gasteiger partial charge in [0.25, 0.3) is 5.56 Å². The molecule has 0 fully saturated rings. The highest BCUT2D eigenvalue weighted by Gasteiger charge is 2.19. The maximum Gasteiger partial charge on any atom is 0.281 e. The van der Waals surface area contributed by atoms with Gasteiger partial charge in [0.1, 0.15) is 17.3 Å². The highest BCUT2D eigenvalue weighted by molar-refractivity contribution is 6.35. The zero-order valence-electron chi connectivity index (χ0n) is 18.1. The summed E-state index contributed by atoms with van der Waals surface area (Å²) in [4.78, 5) is 13.1. The van der Waals surface area contributed by atoms with Gasteiger partial charge < -0.3 is 14.6 Å². The summed E-state index contributed by atoms with van der Waals surface area (Å²) in [6.07, 6.45) is 0.373. The van der Waals surface area contributed by atoms with Crippen LogP contribution in [-0.2, 0) is 13.0 Å². The minimum Gasteiger partial charge on any atom is -0.493 e. The maximum absolute atomic E-state index is 13.1.